The van der Waals surface area contributed by atoms with Gasteiger partial charge in [-0.3, -0.25) is 4.79 Å². The second-order valence-corrected chi connectivity index (χ2v) is 6.11. The molecule has 2 aliphatic heterocycles. The summed E-state index contributed by atoms with van der Waals surface area (Å²) in [5, 5.41) is 12.3. The number of amides is 1. The van der Waals surface area contributed by atoms with Crippen molar-refractivity contribution in [2.75, 3.05) is 38.7 Å². The molecule has 1 amide bonds. The monoisotopic (exact) mass is 359 g/mol. The number of hydrogen-bond donors (Lipinski definition) is 1. The molecular formula is C17H18ClN5O2. The Morgan fingerprint density at radius 1 is 1.36 bits per heavy atom. The summed E-state index contributed by atoms with van der Waals surface area (Å²) < 4.78 is 5.26. The van der Waals surface area contributed by atoms with Gasteiger partial charge in [-0.2, -0.15) is 5.26 Å². The number of amidine groups is 1. The molecule has 25 heavy (non-hydrogen) atoms. The van der Waals surface area contributed by atoms with E-state index in [1.165, 1.54) is 0 Å². The maximum atomic E-state index is 12.4. The number of ether oxygens (including phenoxy) is 1. The van der Waals surface area contributed by atoms with E-state index < -0.39 is 5.62 Å². The van der Waals surface area contributed by atoms with Crippen LogP contribution in [0, 0.1) is 11.3 Å². The van der Waals surface area contributed by atoms with E-state index in [2.05, 4.69) is 16.4 Å². The van der Waals surface area contributed by atoms with Crippen molar-refractivity contribution in [3.8, 4) is 6.07 Å². The van der Waals surface area contributed by atoms with Crippen molar-refractivity contribution < 1.29 is 9.53 Å². The lowest BCUT2D eigenvalue weighted by Crippen LogP contribution is -2.40. The molecule has 1 aromatic rings. The number of nitrogens with one attached hydrogen (secondary N) is 1. The van der Waals surface area contributed by atoms with E-state index in [0.717, 1.165) is 5.69 Å². The van der Waals surface area contributed by atoms with Gasteiger partial charge in [-0.1, -0.05) is 11.6 Å². The Bertz CT molecular complexity index is 747. The summed E-state index contributed by atoms with van der Waals surface area (Å²) in [5.41, 5.74) is 1.17. The molecule has 2 aliphatic rings. The predicted molar refractivity (Wildman–Crippen MR) is 95.3 cm³/mol. The summed E-state index contributed by atoms with van der Waals surface area (Å²) in [6.45, 7) is 2.36. The van der Waals surface area contributed by atoms with E-state index in [-0.39, 0.29) is 5.91 Å². The van der Waals surface area contributed by atoms with Gasteiger partial charge in [-0.05, 0) is 24.3 Å². The van der Waals surface area contributed by atoms with Crippen LogP contribution in [0.3, 0.4) is 0 Å². The fourth-order valence-corrected chi connectivity index (χ4v) is 2.71. The van der Waals surface area contributed by atoms with E-state index in [4.69, 9.17) is 16.3 Å². The van der Waals surface area contributed by atoms with Gasteiger partial charge in [-0.25, -0.2) is 4.99 Å². The molecule has 1 fully saturated rings. The summed E-state index contributed by atoms with van der Waals surface area (Å²) in [4.78, 5) is 20.1. The zero-order valence-electron chi connectivity index (χ0n) is 13.8. The third kappa shape index (κ3) is 3.92. The Morgan fingerprint density at radius 3 is 2.68 bits per heavy atom. The number of carbonyl (C=O) groups excluding carboxylic acids is 1. The normalized spacial score (nSPS) is 20.4. The number of anilines is 1. The van der Waals surface area contributed by atoms with Gasteiger partial charge in [0.15, 0.2) is 5.62 Å². The number of nitriles is 1. The van der Waals surface area contributed by atoms with Gasteiger partial charge in [0.1, 0.15) is 17.5 Å². The summed E-state index contributed by atoms with van der Waals surface area (Å²) in [7, 11) is 1.75. The first-order valence-corrected chi connectivity index (χ1v) is 8.32. The van der Waals surface area contributed by atoms with Gasteiger partial charge in [0.2, 0.25) is 0 Å². The number of rotatable bonds is 2. The number of hydrogen-bond acceptors (Lipinski definition) is 6. The van der Waals surface area contributed by atoms with Gasteiger partial charge >= 0.3 is 0 Å². The first kappa shape index (κ1) is 17.3. The molecule has 1 saturated heterocycles. The van der Waals surface area contributed by atoms with Crippen LogP contribution in [0.2, 0.25) is 0 Å². The molecule has 3 rings (SSSR count). The summed E-state index contributed by atoms with van der Waals surface area (Å²) in [6.07, 6.45) is 1.64. The minimum absolute atomic E-state index is 0.00934. The van der Waals surface area contributed by atoms with E-state index in [0.29, 0.717) is 43.3 Å². The molecule has 2 heterocycles. The molecule has 0 radical (unpaired) electrons. The zero-order chi connectivity index (χ0) is 17.8. The molecule has 7 nitrogen and oxygen atoms in total. The highest BCUT2D eigenvalue weighted by Crippen LogP contribution is 2.18. The van der Waals surface area contributed by atoms with E-state index >= 15 is 0 Å². The topological polar surface area (TPSA) is 81.0 Å². The van der Waals surface area contributed by atoms with Crippen LogP contribution in [0.5, 0.6) is 0 Å². The van der Waals surface area contributed by atoms with Crippen LogP contribution in [0.25, 0.3) is 0 Å². The number of carbonyl (C=O) groups is 1. The average molecular weight is 360 g/mol. The quantitative estimate of drug-likeness (QED) is 0.643. The van der Waals surface area contributed by atoms with Gasteiger partial charge in [-0.15, -0.1) is 0 Å². The number of alkyl halides is 1. The predicted octanol–water partition coefficient (Wildman–Crippen LogP) is 1.84. The first-order valence-electron chi connectivity index (χ1n) is 7.88. The maximum absolute atomic E-state index is 12.4. The minimum atomic E-state index is -0.568. The van der Waals surface area contributed by atoms with E-state index in [1.54, 1.807) is 47.3 Å². The molecule has 1 atom stereocenters. The lowest BCUT2D eigenvalue weighted by atomic mass is 10.1. The summed E-state index contributed by atoms with van der Waals surface area (Å²) in [5.74, 6) is 0.401. The summed E-state index contributed by atoms with van der Waals surface area (Å²) >= 11 is 6.09. The van der Waals surface area contributed by atoms with Crippen LogP contribution in [0.4, 0.5) is 5.69 Å². The Labute approximate surface area is 151 Å². The van der Waals surface area contributed by atoms with Gasteiger partial charge in [0.25, 0.3) is 5.91 Å². The zero-order valence-corrected chi connectivity index (χ0v) is 14.5. The molecule has 130 valence electrons. The average Bonchev–Trinajstić information content (AvgIpc) is 2.65. The SMILES string of the molecule is CN1C=C(C#N)C(Nc2ccc(C(=O)N3CCOCC3)cc2)=NC1Cl. The van der Waals surface area contributed by atoms with Gasteiger partial charge in [0, 0.05) is 37.6 Å². The molecule has 1 aromatic carbocycles. The van der Waals surface area contributed by atoms with Crippen molar-refractivity contribution in [2.24, 2.45) is 4.99 Å². The lowest BCUT2D eigenvalue weighted by Gasteiger charge is -2.27. The molecule has 0 spiro atoms. The molecule has 1 unspecified atom stereocenters. The molecular weight excluding hydrogens is 342 g/mol. The number of aliphatic imine (C=N–C) groups is 1. The van der Waals surface area contributed by atoms with Crippen LogP contribution in [-0.4, -0.2) is 60.5 Å². The third-order valence-corrected chi connectivity index (χ3v) is 4.38. The molecule has 0 bridgehead atoms. The second-order valence-electron chi connectivity index (χ2n) is 5.72. The van der Waals surface area contributed by atoms with Crippen molar-refractivity contribution >= 4 is 29.0 Å². The van der Waals surface area contributed by atoms with Crippen LogP contribution < -0.4 is 5.32 Å². The largest absolute Gasteiger partial charge is 0.378 e. The van der Waals surface area contributed by atoms with Crippen molar-refractivity contribution in [3.63, 3.8) is 0 Å². The molecule has 0 saturated carbocycles. The summed E-state index contributed by atoms with van der Waals surface area (Å²) in [6, 6.07) is 9.17. The molecule has 8 heteroatoms. The standard InChI is InChI=1S/C17H18ClN5O2/c1-22-11-13(10-19)15(21-17(22)18)20-14-4-2-12(3-5-14)16(24)23-6-8-25-9-7-23/h2-5,11,17H,6-9H2,1H3,(H,20,21). The van der Waals surface area contributed by atoms with Crippen molar-refractivity contribution in [2.45, 2.75) is 5.62 Å². The molecule has 0 aliphatic carbocycles. The number of morpholine rings is 1. The van der Waals surface area contributed by atoms with E-state index in [1.807, 2.05) is 0 Å². The Balaban J connectivity index is 1.70. The smallest absolute Gasteiger partial charge is 0.254 e. The highest BCUT2D eigenvalue weighted by atomic mass is 35.5. The first-order chi connectivity index (χ1) is 12.1. The molecule has 0 aromatic heterocycles. The fraction of sp³-hybridized carbons (Fsp3) is 0.353. The number of benzene rings is 1. The maximum Gasteiger partial charge on any atom is 0.254 e. The molecule has 1 N–H and O–H groups in total. The Kier molecular flexibility index (Phi) is 5.22. The van der Waals surface area contributed by atoms with Crippen LogP contribution in [0.15, 0.2) is 41.0 Å². The number of halogens is 1. The number of nitrogens with zero attached hydrogens (tertiary/aromatic N) is 4. The second kappa shape index (κ2) is 7.55. The Morgan fingerprint density at radius 2 is 2.04 bits per heavy atom. The highest BCUT2D eigenvalue weighted by molar-refractivity contribution is 6.22. The van der Waals surface area contributed by atoms with Crippen molar-refractivity contribution in [3.05, 3.63) is 41.6 Å². The highest BCUT2D eigenvalue weighted by Gasteiger charge is 2.20. The van der Waals surface area contributed by atoms with Gasteiger partial charge in [0.05, 0.1) is 13.2 Å². The van der Waals surface area contributed by atoms with Crippen LogP contribution in [0.1, 0.15) is 10.4 Å². The Hall–Kier alpha value is -2.56. The van der Waals surface area contributed by atoms with Crippen molar-refractivity contribution in [1.29, 1.82) is 5.26 Å². The van der Waals surface area contributed by atoms with Crippen LogP contribution >= 0.6 is 11.6 Å². The minimum Gasteiger partial charge on any atom is -0.378 e. The van der Waals surface area contributed by atoms with Crippen molar-refractivity contribution in [1.82, 2.24) is 9.80 Å². The van der Waals surface area contributed by atoms with Crippen LogP contribution in [-0.2, 0) is 4.74 Å². The van der Waals surface area contributed by atoms with Gasteiger partial charge < -0.3 is 19.9 Å². The van der Waals surface area contributed by atoms with E-state index in [9.17, 15) is 10.1 Å². The fourth-order valence-electron chi connectivity index (χ4n) is 2.56. The third-order valence-electron chi connectivity index (χ3n) is 3.97. The lowest BCUT2D eigenvalue weighted by molar-refractivity contribution is 0.0303.